The van der Waals surface area contributed by atoms with Crippen molar-refractivity contribution in [1.82, 2.24) is 19.8 Å². The van der Waals surface area contributed by atoms with Crippen LogP contribution in [0.25, 0.3) is 5.69 Å². The van der Waals surface area contributed by atoms with Crippen molar-refractivity contribution in [3.63, 3.8) is 0 Å². The largest absolute Gasteiger partial charge is 0.467 e. The van der Waals surface area contributed by atoms with Gasteiger partial charge in [-0.25, -0.2) is 4.98 Å². The fourth-order valence-corrected chi connectivity index (χ4v) is 5.17. The number of carbonyl (C=O) groups is 2. The first kappa shape index (κ1) is 22.0. The number of carbonyl (C=O) groups excluding carboxylic acids is 2. The molecule has 1 aliphatic heterocycles. The van der Waals surface area contributed by atoms with Crippen molar-refractivity contribution in [1.29, 1.82) is 0 Å². The Morgan fingerprint density at radius 3 is 2.62 bits per heavy atom. The van der Waals surface area contributed by atoms with Crippen LogP contribution < -0.4 is 5.32 Å². The SMILES string of the molecule is Cc1nccn1-c1ccc(CNC(=O)c2ccc([C@H]3SCC(=O)N3Cc3ccco3)cc2)cc1. The quantitative estimate of drug-likeness (QED) is 0.429. The maximum Gasteiger partial charge on any atom is 0.251 e. The third-order valence-corrected chi connectivity index (χ3v) is 7.08. The van der Waals surface area contributed by atoms with E-state index < -0.39 is 0 Å². The number of amides is 2. The van der Waals surface area contributed by atoms with E-state index in [2.05, 4.69) is 10.3 Å². The number of nitrogens with one attached hydrogen (secondary N) is 1. The van der Waals surface area contributed by atoms with Gasteiger partial charge in [0.25, 0.3) is 5.91 Å². The molecule has 0 bridgehead atoms. The maximum absolute atomic E-state index is 12.7. The van der Waals surface area contributed by atoms with Gasteiger partial charge in [0.05, 0.1) is 18.6 Å². The smallest absolute Gasteiger partial charge is 0.251 e. The fraction of sp³-hybridized carbons (Fsp3) is 0.192. The minimum Gasteiger partial charge on any atom is -0.467 e. The van der Waals surface area contributed by atoms with Crippen LogP contribution in [0.4, 0.5) is 0 Å². The first-order valence-electron chi connectivity index (χ1n) is 11.0. The van der Waals surface area contributed by atoms with Gasteiger partial charge in [0.1, 0.15) is 17.0 Å². The zero-order chi connectivity index (χ0) is 23.5. The first-order chi connectivity index (χ1) is 16.6. The molecule has 1 aliphatic rings. The fourth-order valence-electron chi connectivity index (χ4n) is 3.98. The maximum atomic E-state index is 12.7. The molecule has 2 aromatic carbocycles. The summed E-state index contributed by atoms with van der Waals surface area (Å²) < 4.78 is 7.42. The van der Waals surface area contributed by atoms with Gasteiger partial charge < -0.3 is 19.2 Å². The minimum absolute atomic E-state index is 0.0856. The predicted octanol–water partition coefficient (Wildman–Crippen LogP) is 4.48. The van der Waals surface area contributed by atoms with Crippen LogP contribution >= 0.6 is 11.8 Å². The van der Waals surface area contributed by atoms with Crippen molar-refractivity contribution in [3.05, 3.63) is 108 Å². The molecule has 0 spiro atoms. The Hall–Kier alpha value is -3.78. The van der Waals surface area contributed by atoms with Crippen molar-refractivity contribution in [3.8, 4) is 5.69 Å². The Morgan fingerprint density at radius 1 is 1.15 bits per heavy atom. The monoisotopic (exact) mass is 472 g/mol. The molecule has 2 amide bonds. The van der Waals surface area contributed by atoms with Gasteiger partial charge in [0.15, 0.2) is 0 Å². The van der Waals surface area contributed by atoms with E-state index in [1.165, 1.54) is 0 Å². The average Bonchev–Trinajstić information content (AvgIpc) is 3.61. The number of benzene rings is 2. The minimum atomic E-state index is -0.135. The lowest BCUT2D eigenvalue weighted by Gasteiger charge is -2.23. The molecule has 5 rings (SSSR count). The van der Waals surface area contributed by atoms with Gasteiger partial charge in [-0.15, -0.1) is 11.8 Å². The van der Waals surface area contributed by atoms with Gasteiger partial charge in [-0.1, -0.05) is 24.3 Å². The number of hydrogen-bond acceptors (Lipinski definition) is 5. The van der Waals surface area contributed by atoms with E-state index in [9.17, 15) is 9.59 Å². The highest BCUT2D eigenvalue weighted by atomic mass is 32.2. The number of aromatic nitrogens is 2. The number of thioether (sulfide) groups is 1. The number of nitrogens with zero attached hydrogens (tertiary/aromatic N) is 3. The number of aryl methyl sites for hydroxylation is 1. The van der Waals surface area contributed by atoms with Crippen LogP contribution in [0.3, 0.4) is 0 Å². The van der Waals surface area contributed by atoms with Gasteiger partial charge in [-0.2, -0.15) is 0 Å². The number of furan rings is 1. The summed E-state index contributed by atoms with van der Waals surface area (Å²) in [6.07, 6.45) is 5.31. The summed E-state index contributed by atoms with van der Waals surface area (Å²) >= 11 is 1.58. The molecule has 0 aliphatic carbocycles. The summed E-state index contributed by atoms with van der Waals surface area (Å²) in [5.74, 6) is 2.07. The standard InChI is InChI=1S/C26H24N4O3S/c1-18-27-12-13-29(18)22-10-4-19(5-11-22)15-28-25(32)20-6-8-21(9-7-20)26-30(24(31)17-34-26)16-23-3-2-14-33-23/h2-14,26H,15-17H2,1H3,(H,28,32)/t26-/m1/s1. The lowest BCUT2D eigenvalue weighted by Crippen LogP contribution is -2.27. The number of imidazole rings is 1. The molecule has 1 saturated heterocycles. The second-order valence-electron chi connectivity index (χ2n) is 8.08. The van der Waals surface area contributed by atoms with Crippen molar-refractivity contribution in [2.24, 2.45) is 0 Å². The lowest BCUT2D eigenvalue weighted by atomic mass is 10.1. The molecule has 0 unspecified atom stereocenters. The van der Waals surface area contributed by atoms with Crippen LogP contribution in [-0.2, 0) is 17.9 Å². The Labute approximate surface area is 201 Å². The molecule has 8 heteroatoms. The van der Waals surface area contributed by atoms with E-state index in [1.54, 1.807) is 24.2 Å². The molecule has 1 atom stereocenters. The zero-order valence-electron chi connectivity index (χ0n) is 18.7. The predicted molar refractivity (Wildman–Crippen MR) is 130 cm³/mol. The Bertz CT molecular complexity index is 1280. The molecule has 4 aromatic rings. The molecule has 1 fully saturated rings. The topological polar surface area (TPSA) is 80.4 Å². The van der Waals surface area contributed by atoms with Crippen LogP contribution in [-0.4, -0.2) is 32.0 Å². The molecular weight excluding hydrogens is 448 g/mol. The van der Waals surface area contributed by atoms with Crippen LogP contribution in [0.5, 0.6) is 0 Å². The van der Waals surface area contributed by atoms with Gasteiger partial charge in [-0.3, -0.25) is 9.59 Å². The van der Waals surface area contributed by atoms with E-state index in [-0.39, 0.29) is 17.2 Å². The van der Waals surface area contributed by atoms with Crippen molar-refractivity contribution in [2.75, 3.05) is 5.75 Å². The molecule has 172 valence electrons. The van der Waals surface area contributed by atoms with E-state index in [0.717, 1.165) is 28.4 Å². The summed E-state index contributed by atoms with van der Waals surface area (Å²) in [6, 6.07) is 19.2. The Morgan fingerprint density at radius 2 is 1.94 bits per heavy atom. The summed E-state index contributed by atoms with van der Waals surface area (Å²) in [6.45, 7) is 2.83. The first-order valence-corrected chi connectivity index (χ1v) is 12.0. The van der Waals surface area contributed by atoms with Gasteiger partial charge >= 0.3 is 0 Å². The van der Waals surface area contributed by atoms with E-state index >= 15 is 0 Å². The molecule has 3 heterocycles. The highest BCUT2D eigenvalue weighted by molar-refractivity contribution is 8.00. The molecule has 7 nitrogen and oxygen atoms in total. The van der Waals surface area contributed by atoms with Crippen LogP contribution in [0.15, 0.2) is 83.7 Å². The summed E-state index contributed by atoms with van der Waals surface area (Å²) in [5, 5.41) is 2.88. The van der Waals surface area contributed by atoms with Gasteiger partial charge in [0, 0.05) is 30.2 Å². The van der Waals surface area contributed by atoms with Crippen LogP contribution in [0, 0.1) is 6.92 Å². The highest BCUT2D eigenvalue weighted by Gasteiger charge is 2.33. The third kappa shape index (κ3) is 4.63. The Balaban J connectivity index is 1.20. The van der Waals surface area contributed by atoms with Crippen molar-refractivity contribution < 1.29 is 14.0 Å². The third-order valence-electron chi connectivity index (χ3n) is 5.83. The summed E-state index contributed by atoms with van der Waals surface area (Å²) in [5.41, 5.74) is 3.62. The van der Waals surface area contributed by atoms with Crippen LogP contribution in [0.2, 0.25) is 0 Å². The highest BCUT2D eigenvalue weighted by Crippen LogP contribution is 2.39. The normalized spacial score (nSPS) is 15.6. The molecule has 0 radical (unpaired) electrons. The zero-order valence-corrected chi connectivity index (χ0v) is 19.5. The molecule has 0 saturated carbocycles. The summed E-state index contributed by atoms with van der Waals surface area (Å²) in [4.78, 5) is 31.1. The molecule has 1 N–H and O–H groups in total. The Kier molecular flexibility index (Phi) is 6.22. The van der Waals surface area contributed by atoms with E-state index in [0.29, 0.717) is 24.4 Å². The second kappa shape index (κ2) is 9.61. The van der Waals surface area contributed by atoms with Crippen molar-refractivity contribution >= 4 is 23.6 Å². The van der Waals surface area contributed by atoms with Gasteiger partial charge in [-0.05, 0) is 54.4 Å². The second-order valence-corrected chi connectivity index (χ2v) is 9.15. The molecule has 2 aromatic heterocycles. The molecular formula is C26H24N4O3S. The number of hydrogen-bond donors (Lipinski definition) is 1. The number of rotatable bonds is 7. The van der Waals surface area contributed by atoms with E-state index in [1.807, 2.05) is 83.3 Å². The van der Waals surface area contributed by atoms with Gasteiger partial charge in [0.2, 0.25) is 5.91 Å². The lowest BCUT2D eigenvalue weighted by molar-refractivity contribution is -0.128. The van der Waals surface area contributed by atoms with E-state index in [4.69, 9.17) is 4.42 Å². The van der Waals surface area contributed by atoms with Crippen molar-refractivity contribution in [2.45, 2.75) is 25.4 Å². The average molecular weight is 473 g/mol. The summed E-state index contributed by atoms with van der Waals surface area (Å²) in [7, 11) is 0. The molecule has 34 heavy (non-hydrogen) atoms. The van der Waals surface area contributed by atoms with Crippen LogP contribution in [0.1, 0.15) is 38.4 Å².